The second-order valence-corrected chi connectivity index (χ2v) is 10.5. The molecule has 0 aromatic heterocycles. The van der Waals surface area contributed by atoms with Crippen molar-refractivity contribution in [3.8, 4) is 5.75 Å². The summed E-state index contributed by atoms with van der Waals surface area (Å²) in [5.74, 6) is 1.36. The van der Waals surface area contributed by atoms with E-state index in [1.54, 1.807) is 6.07 Å². The molecule has 0 spiro atoms. The molecule has 29 heavy (non-hydrogen) atoms. The van der Waals surface area contributed by atoms with Gasteiger partial charge in [0.15, 0.2) is 0 Å². The number of amides is 1. The van der Waals surface area contributed by atoms with Crippen LogP contribution in [0.15, 0.2) is 23.1 Å². The molecular formula is C20H28ClN3O4S. The average molecular weight is 442 g/mol. The lowest BCUT2D eigenvalue weighted by Crippen LogP contribution is -2.44. The fraction of sp³-hybridized carbons (Fsp3) is 0.650. The summed E-state index contributed by atoms with van der Waals surface area (Å²) in [6, 6.07) is 4.44. The van der Waals surface area contributed by atoms with Crippen LogP contribution in [-0.4, -0.2) is 80.9 Å². The highest BCUT2D eigenvalue weighted by molar-refractivity contribution is 7.89. The highest BCUT2D eigenvalue weighted by Gasteiger charge is 2.39. The van der Waals surface area contributed by atoms with Gasteiger partial charge in [-0.15, -0.1) is 0 Å². The minimum atomic E-state index is -3.64. The van der Waals surface area contributed by atoms with E-state index in [-0.39, 0.29) is 21.9 Å². The first kappa shape index (κ1) is 20.9. The summed E-state index contributed by atoms with van der Waals surface area (Å²) in [4.78, 5) is 17.1. The molecule has 1 amide bonds. The Bertz CT molecular complexity index is 874. The number of carbonyl (C=O) groups is 1. The van der Waals surface area contributed by atoms with E-state index in [9.17, 15) is 13.2 Å². The molecule has 3 aliphatic rings. The first-order valence-electron chi connectivity index (χ1n) is 10.3. The molecule has 0 radical (unpaired) electrons. The van der Waals surface area contributed by atoms with E-state index in [1.807, 2.05) is 4.90 Å². The van der Waals surface area contributed by atoms with E-state index in [4.69, 9.17) is 16.3 Å². The summed E-state index contributed by atoms with van der Waals surface area (Å²) in [7, 11) is -2.15. The third-order valence-electron chi connectivity index (χ3n) is 6.14. The maximum Gasteiger partial charge on any atom is 0.243 e. The zero-order chi connectivity index (χ0) is 20.6. The molecule has 9 heteroatoms. The lowest BCUT2D eigenvalue weighted by atomic mass is 10.2. The Labute approximate surface area is 177 Å². The van der Waals surface area contributed by atoms with Crippen LogP contribution in [0.5, 0.6) is 5.75 Å². The normalized spacial score (nSPS) is 24.7. The zero-order valence-corrected chi connectivity index (χ0v) is 18.3. The van der Waals surface area contributed by atoms with E-state index < -0.39 is 10.0 Å². The van der Waals surface area contributed by atoms with Gasteiger partial charge in [0, 0.05) is 39.3 Å². The molecule has 2 saturated heterocycles. The van der Waals surface area contributed by atoms with Crippen molar-refractivity contribution in [1.82, 2.24) is 14.1 Å². The van der Waals surface area contributed by atoms with Crippen molar-refractivity contribution >= 4 is 27.5 Å². The number of nitrogens with zero attached hydrogens (tertiary/aromatic N) is 3. The van der Waals surface area contributed by atoms with Gasteiger partial charge in [0.05, 0.1) is 23.1 Å². The van der Waals surface area contributed by atoms with Crippen LogP contribution in [0.1, 0.15) is 25.7 Å². The molecule has 2 heterocycles. The number of halogens is 1. The summed E-state index contributed by atoms with van der Waals surface area (Å²) < 4.78 is 32.8. The van der Waals surface area contributed by atoms with Crippen molar-refractivity contribution in [3.63, 3.8) is 0 Å². The van der Waals surface area contributed by atoms with Crippen molar-refractivity contribution in [2.45, 2.75) is 36.6 Å². The molecule has 160 valence electrons. The van der Waals surface area contributed by atoms with Crippen molar-refractivity contribution in [2.24, 2.45) is 5.92 Å². The predicted molar refractivity (Wildman–Crippen MR) is 111 cm³/mol. The Hall–Kier alpha value is -1.35. The molecular weight excluding hydrogens is 414 g/mol. The van der Waals surface area contributed by atoms with Gasteiger partial charge in [0.2, 0.25) is 15.9 Å². The lowest BCUT2D eigenvalue weighted by Gasteiger charge is -2.26. The van der Waals surface area contributed by atoms with Crippen molar-refractivity contribution < 1.29 is 17.9 Å². The van der Waals surface area contributed by atoms with Gasteiger partial charge >= 0.3 is 0 Å². The van der Waals surface area contributed by atoms with Crippen molar-refractivity contribution in [1.29, 1.82) is 0 Å². The molecule has 1 aromatic carbocycles. The van der Waals surface area contributed by atoms with Gasteiger partial charge in [-0.2, -0.15) is 4.31 Å². The highest BCUT2D eigenvalue weighted by Crippen LogP contribution is 2.32. The number of hydrogen-bond donors (Lipinski definition) is 0. The summed E-state index contributed by atoms with van der Waals surface area (Å²) in [5.41, 5.74) is 0. The van der Waals surface area contributed by atoms with Crippen LogP contribution in [0.2, 0.25) is 5.02 Å². The zero-order valence-electron chi connectivity index (χ0n) is 16.7. The molecule has 0 bridgehead atoms. The summed E-state index contributed by atoms with van der Waals surface area (Å²) in [5, 5.41) is 0.275. The molecule has 1 aliphatic carbocycles. The second-order valence-electron chi connectivity index (χ2n) is 8.12. The van der Waals surface area contributed by atoms with Crippen LogP contribution in [0.3, 0.4) is 0 Å². The van der Waals surface area contributed by atoms with Crippen LogP contribution in [-0.2, 0) is 14.8 Å². The van der Waals surface area contributed by atoms with Crippen molar-refractivity contribution in [3.05, 3.63) is 23.2 Å². The van der Waals surface area contributed by atoms with Crippen LogP contribution < -0.4 is 4.74 Å². The van der Waals surface area contributed by atoms with E-state index in [0.717, 1.165) is 26.1 Å². The van der Waals surface area contributed by atoms with E-state index >= 15 is 0 Å². The van der Waals surface area contributed by atoms with Crippen LogP contribution in [0, 0.1) is 5.92 Å². The second kappa shape index (κ2) is 8.41. The van der Waals surface area contributed by atoms with Gasteiger partial charge in [-0.05, 0) is 49.8 Å². The summed E-state index contributed by atoms with van der Waals surface area (Å²) in [6.45, 7) is 3.83. The van der Waals surface area contributed by atoms with Gasteiger partial charge in [0.25, 0.3) is 0 Å². The first-order chi connectivity index (χ1) is 13.9. The number of sulfonamides is 1. The molecule has 3 fully saturated rings. The molecule has 1 aromatic rings. The molecule has 0 unspecified atom stereocenters. The Balaban J connectivity index is 1.42. The van der Waals surface area contributed by atoms with Crippen LogP contribution in [0.4, 0.5) is 0 Å². The first-order valence-corrected chi connectivity index (χ1v) is 12.1. The number of hydrogen-bond acceptors (Lipinski definition) is 5. The van der Waals surface area contributed by atoms with E-state index in [0.29, 0.717) is 37.7 Å². The number of likely N-dealkylation sites (tertiary alicyclic amines) is 1. The van der Waals surface area contributed by atoms with Gasteiger partial charge < -0.3 is 9.64 Å². The lowest BCUT2D eigenvalue weighted by molar-refractivity contribution is -0.132. The fourth-order valence-corrected chi connectivity index (χ4v) is 6.10. The molecule has 1 saturated carbocycles. The Morgan fingerprint density at radius 1 is 1.10 bits per heavy atom. The quantitative estimate of drug-likeness (QED) is 0.675. The molecule has 1 atom stereocenters. The van der Waals surface area contributed by atoms with Gasteiger partial charge in [-0.3, -0.25) is 9.69 Å². The Morgan fingerprint density at radius 3 is 2.59 bits per heavy atom. The maximum absolute atomic E-state index is 13.1. The fourth-order valence-electron chi connectivity index (χ4n) is 4.28. The monoisotopic (exact) mass is 441 g/mol. The smallest absolute Gasteiger partial charge is 0.243 e. The third-order valence-corrected chi connectivity index (χ3v) is 8.33. The number of benzene rings is 1. The number of methoxy groups -OCH3 is 1. The summed E-state index contributed by atoms with van der Waals surface area (Å²) >= 11 is 6.13. The average Bonchev–Trinajstić information content (AvgIpc) is 3.48. The molecule has 4 rings (SSSR count). The Kier molecular flexibility index (Phi) is 6.06. The minimum absolute atomic E-state index is 0.105. The van der Waals surface area contributed by atoms with E-state index in [2.05, 4.69) is 4.90 Å². The minimum Gasteiger partial charge on any atom is -0.495 e. The van der Waals surface area contributed by atoms with Gasteiger partial charge in [-0.25, -0.2) is 8.42 Å². The van der Waals surface area contributed by atoms with Crippen molar-refractivity contribution in [2.75, 3.05) is 46.4 Å². The van der Waals surface area contributed by atoms with Gasteiger partial charge in [0.1, 0.15) is 5.75 Å². The molecule has 7 nitrogen and oxygen atoms in total. The number of carbonyl (C=O) groups excluding carboxylic acids is 1. The number of rotatable bonds is 6. The van der Waals surface area contributed by atoms with E-state index in [1.165, 1.54) is 36.4 Å². The third kappa shape index (κ3) is 4.40. The largest absolute Gasteiger partial charge is 0.495 e. The topological polar surface area (TPSA) is 70.2 Å². The Morgan fingerprint density at radius 2 is 1.90 bits per heavy atom. The standard InChI is InChI=1S/C20H28ClN3O4S/c1-28-19-6-5-16(13-17(19)21)29(26,27)24-9-2-8-22(11-12-24)18-7-10-23(20(18)25)14-15-3-4-15/h5-6,13,15,18H,2-4,7-12,14H2,1H3/t18-/m0/s1. The SMILES string of the molecule is COc1ccc(S(=O)(=O)N2CCCN([C@H]3CCN(CC4CC4)C3=O)CC2)cc1Cl. The molecule has 2 aliphatic heterocycles. The van der Waals surface area contributed by atoms with Crippen LogP contribution in [0.25, 0.3) is 0 Å². The maximum atomic E-state index is 13.1. The summed E-state index contributed by atoms with van der Waals surface area (Å²) in [6.07, 6.45) is 4.02. The molecule has 0 N–H and O–H groups in total. The van der Waals surface area contributed by atoms with Crippen LogP contribution >= 0.6 is 11.6 Å². The number of ether oxygens (including phenoxy) is 1. The predicted octanol–water partition coefficient (Wildman–Crippen LogP) is 2.06. The van der Waals surface area contributed by atoms with Gasteiger partial charge in [-0.1, -0.05) is 11.6 Å². The highest BCUT2D eigenvalue weighted by atomic mass is 35.5.